The second-order valence-corrected chi connectivity index (χ2v) is 4.29. The Balaban J connectivity index is 3.04. The molecule has 1 atom stereocenters. The van der Waals surface area contributed by atoms with Crippen LogP contribution in [0.4, 0.5) is 0 Å². The molecule has 0 bridgehead atoms. The van der Waals surface area contributed by atoms with Crippen LogP contribution in [0.2, 0.25) is 0 Å². The number of aromatic nitrogens is 2. The molecule has 3 N–H and O–H groups in total. The smallest absolute Gasteiger partial charge is 0.326 e. The lowest BCUT2D eigenvalue weighted by molar-refractivity contribution is -0.139. The van der Waals surface area contributed by atoms with E-state index in [-0.39, 0.29) is 5.56 Å². The molecule has 0 fully saturated rings. The van der Waals surface area contributed by atoms with Gasteiger partial charge in [0.2, 0.25) is 0 Å². The van der Waals surface area contributed by atoms with E-state index in [2.05, 4.69) is 15.5 Å². The quantitative estimate of drug-likeness (QED) is 0.713. The highest BCUT2D eigenvalue weighted by atomic mass is 16.4. The zero-order valence-corrected chi connectivity index (χ0v) is 11.1. The zero-order valence-electron chi connectivity index (χ0n) is 11.1. The molecule has 1 rings (SSSR count). The molecule has 0 saturated heterocycles. The van der Waals surface area contributed by atoms with Crippen molar-refractivity contribution in [1.29, 1.82) is 0 Å². The van der Waals surface area contributed by atoms with Gasteiger partial charge in [-0.25, -0.2) is 9.89 Å². The predicted octanol–water partition coefficient (Wildman–Crippen LogP) is 0.370. The van der Waals surface area contributed by atoms with E-state index in [1.807, 2.05) is 6.92 Å². The molecule has 0 aromatic carbocycles. The third kappa shape index (κ3) is 3.40. The number of hydrogen-bond donors (Lipinski definition) is 3. The molecule has 0 spiro atoms. The monoisotopic (exact) mass is 267 g/mol. The van der Waals surface area contributed by atoms with Crippen molar-refractivity contribution in [2.24, 2.45) is 0 Å². The first kappa shape index (κ1) is 14.9. The number of carboxylic acids is 1. The van der Waals surface area contributed by atoms with Crippen molar-refractivity contribution in [3.05, 3.63) is 27.2 Å². The van der Waals surface area contributed by atoms with E-state index in [9.17, 15) is 14.4 Å². The standard InChI is InChI=1S/C12H17N3O4/c1-4-5-8(12(18)19)13-10(16)9-6(2)7(3)14-15-11(9)17/h8H,4-5H2,1-3H3,(H,13,16)(H,15,17)(H,18,19)/t8-/m0/s1. The largest absolute Gasteiger partial charge is 0.480 e. The Bertz CT molecular complexity index is 550. The molecule has 1 aromatic heterocycles. The van der Waals surface area contributed by atoms with Crippen molar-refractivity contribution in [2.45, 2.75) is 39.7 Å². The van der Waals surface area contributed by atoms with E-state index in [1.165, 1.54) is 0 Å². The van der Waals surface area contributed by atoms with Gasteiger partial charge in [-0.15, -0.1) is 0 Å². The molecule has 0 radical (unpaired) electrons. The van der Waals surface area contributed by atoms with E-state index < -0.39 is 23.5 Å². The zero-order chi connectivity index (χ0) is 14.6. The fraction of sp³-hybridized carbons (Fsp3) is 0.500. The van der Waals surface area contributed by atoms with Crippen LogP contribution in [0, 0.1) is 13.8 Å². The number of hydrogen-bond acceptors (Lipinski definition) is 4. The molecule has 0 aliphatic carbocycles. The van der Waals surface area contributed by atoms with Crippen LogP contribution in [0.5, 0.6) is 0 Å². The second kappa shape index (κ2) is 6.12. The molecule has 1 amide bonds. The van der Waals surface area contributed by atoms with Crippen LogP contribution < -0.4 is 10.9 Å². The molecule has 1 aromatic rings. The van der Waals surface area contributed by atoms with Gasteiger partial charge in [0.15, 0.2) is 0 Å². The van der Waals surface area contributed by atoms with Crippen molar-refractivity contribution < 1.29 is 14.7 Å². The third-order valence-corrected chi connectivity index (χ3v) is 2.88. The van der Waals surface area contributed by atoms with Crippen molar-refractivity contribution in [2.75, 3.05) is 0 Å². The predicted molar refractivity (Wildman–Crippen MR) is 68.1 cm³/mol. The Morgan fingerprint density at radius 3 is 2.58 bits per heavy atom. The molecular formula is C12H17N3O4. The third-order valence-electron chi connectivity index (χ3n) is 2.88. The van der Waals surface area contributed by atoms with Crippen LogP contribution >= 0.6 is 0 Å². The minimum absolute atomic E-state index is 0.0881. The van der Waals surface area contributed by atoms with E-state index in [1.54, 1.807) is 13.8 Å². The van der Waals surface area contributed by atoms with Crippen molar-refractivity contribution >= 4 is 11.9 Å². The topological polar surface area (TPSA) is 112 Å². The summed E-state index contributed by atoms with van der Waals surface area (Å²) < 4.78 is 0. The van der Waals surface area contributed by atoms with E-state index in [0.29, 0.717) is 24.1 Å². The first-order chi connectivity index (χ1) is 8.88. The number of carbonyl (C=O) groups is 2. The highest BCUT2D eigenvalue weighted by Gasteiger charge is 2.23. The van der Waals surface area contributed by atoms with Crippen LogP contribution in [0.15, 0.2) is 4.79 Å². The summed E-state index contributed by atoms with van der Waals surface area (Å²) in [5, 5.41) is 17.3. The van der Waals surface area contributed by atoms with Gasteiger partial charge in [-0.2, -0.15) is 5.10 Å². The Labute approximate surface area is 110 Å². The van der Waals surface area contributed by atoms with Crippen LogP contribution in [0.3, 0.4) is 0 Å². The fourth-order valence-corrected chi connectivity index (χ4v) is 1.68. The minimum atomic E-state index is -1.12. The van der Waals surface area contributed by atoms with Gasteiger partial charge >= 0.3 is 5.97 Å². The number of rotatable bonds is 5. The molecule has 0 saturated carbocycles. The Hall–Kier alpha value is -2.18. The number of carboxylic acid groups (broad SMARTS) is 1. The first-order valence-corrected chi connectivity index (χ1v) is 5.98. The van der Waals surface area contributed by atoms with Crippen LogP contribution in [-0.2, 0) is 4.79 Å². The first-order valence-electron chi connectivity index (χ1n) is 5.98. The number of aryl methyl sites for hydroxylation is 1. The van der Waals surface area contributed by atoms with Gasteiger partial charge in [-0.1, -0.05) is 13.3 Å². The van der Waals surface area contributed by atoms with E-state index in [4.69, 9.17) is 5.11 Å². The van der Waals surface area contributed by atoms with E-state index in [0.717, 1.165) is 0 Å². The van der Waals surface area contributed by atoms with Crippen LogP contribution in [0.1, 0.15) is 41.4 Å². The van der Waals surface area contributed by atoms with Gasteiger partial charge in [0.25, 0.3) is 11.5 Å². The molecule has 7 nitrogen and oxygen atoms in total. The van der Waals surface area contributed by atoms with Gasteiger partial charge in [-0.05, 0) is 25.8 Å². The molecular weight excluding hydrogens is 250 g/mol. The molecule has 0 aliphatic heterocycles. The Kier molecular flexibility index (Phi) is 4.80. The molecule has 0 unspecified atom stereocenters. The van der Waals surface area contributed by atoms with E-state index >= 15 is 0 Å². The van der Waals surface area contributed by atoms with Crippen LogP contribution in [0.25, 0.3) is 0 Å². The SMILES string of the molecule is CCC[C@H](NC(=O)c1c(C)c(C)n[nH]c1=O)C(=O)O. The molecule has 19 heavy (non-hydrogen) atoms. The van der Waals surface area contributed by atoms with Gasteiger partial charge in [0, 0.05) is 0 Å². The fourth-order valence-electron chi connectivity index (χ4n) is 1.68. The van der Waals surface area contributed by atoms with Gasteiger partial charge in [0.1, 0.15) is 11.6 Å². The normalized spacial score (nSPS) is 11.9. The lowest BCUT2D eigenvalue weighted by atomic mass is 10.1. The second-order valence-electron chi connectivity index (χ2n) is 4.29. The number of carbonyl (C=O) groups excluding carboxylic acids is 1. The maximum absolute atomic E-state index is 12.0. The summed E-state index contributed by atoms with van der Waals surface area (Å²) in [6.45, 7) is 5.07. The summed E-state index contributed by atoms with van der Waals surface area (Å²) >= 11 is 0. The lowest BCUT2D eigenvalue weighted by Crippen LogP contribution is -2.43. The maximum atomic E-state index is 12.0. The average molecular weight is 267 g/mol. The minimum Gasteiger partial charge on any atom is -0.480 e. The summed E-state index contributed by atoms with van der Waals surface area (Å²) in [6, 6.07) is -0.996. The van der Waals surface area contributed by atoms with Crippen molar-refractivity contribution in [3.8, 4) is 0 Å². The molecule has 0 aliphatic rings. The number of amides is 1. The maximum Gasteiger partial charge on any atom is 0.326 e. The molecule has 1 heterocycles. The summed E-state index contributed by atoms with van der Waals surface area (Å²) in [4.78, 5) is 34.6. The van der Waals surface area contributed by atoms with Crippen molar-refractivity contribution in [1.82, 2.24) is 15.5 Å². The number of nitrogens with one attached hydrogen (secondary N) is 2. The van der Waals surface area contributed by atoms with Gasteiger partial charge in [-0.3, -0.25) is 9.59 Å². The number of aromatic amines is 1. The Morgan fingerprint density at radius 1 is 1.42 bits per heavy atom. The number of H-pyrrole nitrogens is 1. The van der Waals surface area contributed by atoms with Crippen molar-refractivity contribution in [3.63, 3.8) is 0 Å². The summed E-state index contributed by atoms with van der Waals surface area (Å²) in [7, 11) is 0. The summed E-state index contributed by atoms with van der Waals surface area (Å²) in [6.07, 6.45) is 0.921. The Morgan fingerprint density at radius 2 is 2.05 bits per heavy atom. The van der Waals surface area contributed by atoms with Gasteiger partial charge in [0.05, 0.1) is 5.69 Å². The summed E-state index contributed by atoms with van der Waals surface area (Å²) in [5.41, 5.74) is 0.255. The molecule has 7 heteroatoms. The van der Waals surface area contributed by atoms with Crippen LogP contribution in [-0.4, -0.2) is 33.2 Å². The van der Waals surface area contributed by atoms with Gasteiger partial charge < -0.3 is 10.4 Å². The summed E-state index contributed by atoms with van der Waals surface area (Å²) in [5.74, 6) is -1.81. The number of aliphatic carboxylic acids is 1. The average Bonchev–Trinajstić information content (AvgIpc) is 2.33. The lowest BCUT2D eigenvalue weighted by Gasteiger charge is -2.14. The highest BCUT2D eigenvalue weighted by molar-refractivity contribution is 5.97. The number of nitrogens with zero attached hydrogens (tertiary/aromatic N) is 1. The molecule has 104 valence electrons. The highest BCUT2D eigenvalue weighted by Crippen LogP contribution is 2.06.